The predicted octanol–water partition coefficient (Wildman–Crippen LogP) is 1.59. The molecule has 0 amide bonds. The summed E-state index contributed by atoms with van der Waals surface area (Å²) in [6.45, 7) is 7.99. The van der Waals surface area contributed by atoms with Gasteiger partial charge in [0, 0.05) is 17.6 Å². The second-order valence-corrected chi connectivity index (χ2v) is 8.53. The molecule has 2 rings (SSSR count). The summed E-state index contributed by atoms with van der Waals surface area (Å²) in [4.78, 5) is 8.66. The maximum absolute atomic E-state index is 11.5. The number of aryl methyl sites for hydroxylation is 1. The summed E-state index contributed by atoms with van der Waals surface area (Å²) >= 11 is 0. The first-order valence-corrected chi connectivity index (χ1v) is 8.56. The van der Waals surface area contributed by atoms with Gasteiger partial charge in [0.15, 0.2) is 9.84 Å². The lowest BCUT2D eigenvalue weighted by Gasteiger charge is -2.22. The monoisotopic (exact) mass is 298 g/mol. The third-order valence-corrected chi connectivity index (χ3v) is 4.69. The van der Waals surface area contributed by atoms with Crippen molar-refractivity contribution in [3.05, 3.63) is 11.9 Å². The Morgan fingerprint density at radius 1 is 1.25 bits per heavy atom. The molecule has 0 bridgehead atoms. The Balaban J connectivity index is 2.12. The quantitative estimate of drug-likeness (QED) is 0.881. The van der Waals surface area contributed by atoms with Crippen molar-refractivity contribution in [3.8, 4) is 0 Å². The molecule has 2 N–H and O–H groups in total. The normalized spacial score (nSPS) is 21.7. The second kappa shape index (κ2) is 5.20. The average Bonchev–Trinajstić information content (AvgIpc) is 2.54. The summed E-state index contributed by atoms with van der Waals surface area (Å²) in [5.74, 6) is 2.50. The van der Waals surface area contributed by atoms with Crippen LogP contribution in [0.2, 0.25) is 0 Å². The van der Waals surface area contributed by atoms with E-state index in [4.69, 9.17) is 0 Å². The number of sulfone groups is 1. The lowest BCUT2D eigenvalue weighted by molar-refractivity contribution is 0.602. The minimum absolute atomic E-state index is 0.0585. The van der Waals surface area contributed by atoms with E-state index in [2.05, 4.69) is 41.4 Å². The SMILES string of the molecule is Cc1nc(NC2CCS(=O)(=O)C2)cc(NC(C)(C)C)n1. The van der Waals surface area contributed by atoms with Crippen LogP contribution in [-0.2, 0) is 9.84 Å². The topological polar surface area (TPSA) is 84.0 Å². The summed E-state index contributed by atoms with van der Waals surface area (Å²) in [6, 6.07) is 1.76. The van der Waals surface area contributed by atoms with Crippen molar-refractivity contribution >= 4 is 21.5 Å². The number of anilines is 2. The second-order valence-electron chi connectivity index (χ2n) is 6.30. The fourth-order valence-electron chi connectivity index (χ4n) is 2.21. The van der Waals surface area contributed by atoms with E-state index in [9.17, 15) is 8.42 Å². The molecule has 1 aromatic heterocycles. The molecule has 0 aromatic carbocycles. The largest absolute Gasteiger partial charge is 0.366 e. The van der Waals surface area contributed by atoms with E-state index in [-0.39, 0.29) is 23.1 Å². The van der Waals surface area contributed by atoms with Gasteiger partial charge in [0.1, 0.15) is 17.5 Å². The smallest absolute Gasteiger partial charge is 0.152 e. The average molecular weight is 298 g/mol. The van der Waals surface area contributed by atoms with Gasteiger partial charge in [-0.2, -0.15) is 0 Å². The molecule has 6 nitrogen and oxygen atoms in total. The molecule has 112 valence electrons. The molecule has 2 heterocycles. The third-order valence-electron chi connectivity index (χ3n) is 2.93. The summed E-state index contributed by atoms with van der Waals surface area (Å²) in [5.41, 5.74) is -0.0885. The van der Waals surface area contributed by atoms with Gasteiger partial charge in [0.2, 0.25) is 0 Å². The highest BCUT2D eigenvalue weighted by atomic mass is 32.2. The van der Waals surface area contributed by atoms with Crippen molar-refractivity contribution in [2.75, 3.05) is 22.1 Å². The zero-order valence-corrected chi connectivity index (χ0v) is 13.2. The highest BCUT2D eigenvalue weighted by molar-refractivity contribution is 7.91. The standard InChI is InChI=1S/C13H22N4O2S/c1-9-14-11(7-12(15-9)17-13(2,3)4)16-10-5-6-20(18,19)8-10/h7,10H,5-6,8H2,1-4H3,(H2,14,15,16,17). The zero-order chi connectivity index (χ0) is 15.0. The van der Waals surface area contributed by atoms with Crippen LogP contribution >= 0.6 is 0 Å². The van der Waals surface area contributed by atoms with E-state index in [0.29, 0.717) is 18.1 Å². The molecule has 20 heavy (non-hydrogen) atoms. The van der Waals surface area contributed by atoms with Gasteiger partial charge in [-0.1, -0.05) is 0 Å². The van der Waals surface area contributed by atoms with Crippen LogP contribution in [0, 0.1) is 6.92 Å². The Labute approximate surface area is 120 Å². The predicted molar refractivity (Wildman–Crippen MR) is 80.8 cm³/mol. The van der Waals surface area contributed by atoms with E-state index in [1.165, 1.54) is 0 Å². The van der Waals surface area contributed by atoms with Crippen LogP contribution < -0.4 is 10.6 Å². The Morgan fingerprint density at radius 2 is 1.90 bits per heavy atom. The van der Waals surface area contributed by atoms with Gasteiger partial charge >= 0.3 is 0 Å². The molecule has 1 aromatic rings. The molecular formula is C13H22N4O2S. The summed E-state index contributed by atoms with van der Waals surface area (Å²) in [7, 11) is -2.89. The van der Waals surface area contributed by atoms with E-state index < -0.39 is 9.84 Å². The molecule has 1 aliphatic rings. The maximum atomic E-state index is 11.5. The number of aromatic nitrogens is 2. The number of rotatable bonds is 3. The number of nitrogens with zero attached hydrogens (tertiary/aromatic N) is 2. The Kier molecular flexibility index (Phi) is 3.90. The molecule has 1 fully saturated rings. The third kappa shape index (κ3) is 4.33. The summed E-state index contributed by atoms with van der Waals surface area (Å²) in [6.07, 6.45) is 0.632. The molecule has 1 unspecified atom stereocenters. The number of hydrogen-bond donors (Lipinski definition) is 2. The van der Waals surface area contributed by atoms with E-state index in [1.807, 2.05) is 13.0 Å². The minimum atomic E-state index is -2.89. The lowest BCUT2D eigenvalue weighted by atomic mass is 10.1. The molecule has 0 radical (unpaired) electrons. The van der Waals surface area contributed by atoms with Gasteiger partial charge in [-0.3, -0.25) is 0 Å². The molecule has 1 atom stereocenters. The van der Waals surface area contributed by atoms with Crippen LogP contribution in [0.5, 0.6) is 0 Å². The lowest BCUT2D eigenvalue weighted by Crippen LogP contribution is -2.27. The van der Waals surface area contributed by atoms with Crippen molar-refractivity contribution in [3.63, 3.8) is 0 Å². The maximum Gasteiger partial charge on any atom is 0.152 e. The molecule has 7 heteroatoms. The van der Waals surface area contributed by atoms with Crippen LogP contribution in [-0.4, -0.2) is 41.5 Å². The van der Waals surface area contributed by atoms with E-state index in [1.54, 1.807) is 0 Å². The van der Waals surface area contributed by atoms with Gasteiger partial charge in [-0.15, -0.1) is 0 Å². The first kappa shape index (κ1) is 15.0. The van der Waals surface area contributed by atoms with Crippen molar-refractivity contribution < 1.29 is 8.42 Å². The van der Waals surface area contributed by atoms with Gasteiger partial charge < -0.3 is 10.6 Å². The van der Waals surface area contributed by atoms with Crippen LogP contribution in [0.25, 0.3) is 0 Å². The Hall–Kier alpha value is -1.37. The van der Waals surface area contributed by atoms with Gasteiger partial charge in [-0.25, -0.2) is 18.4 Å². The fourth-order valence-corrected chi connectivity index (χ4v) is 3.88. The molecule has 0 aliphatic carbocycles. The molecule has 0 saturated carbocycles. The molecule has 1 saturated heterocycles. The highest BCUT2D eigenvalue weighted by Crippen LogP contribution is 2.19. The zero-order valence-electron chi connectivity index (χ0n) is 12.4. The van der Waals surface area contributed by atoms with Crippen LogP contribution in [0.4, 0.5) is 11.6 Å². The first-order valence-electron chi connectivity index (χ1n) is 6.74. The van der Waals surface area contributed by atoms with Gasteiger partial charge in [0.25, 0.3) is 0 Å². The summed E-state index contributed by atoms with van der Waals surface area (Å²) in [5, 5.41) is 6.49. The first-order chi connectivity index (χ1) is 9.13. The molecular weight excluding hydrogens is 276 g/mol. The number of hydrogen-bond acceptors (Lipinski definition) is 6. The highest BCUT2D eigenvalue weighted by Gasteiger charge is 2.28. The Morgan fingerprint density at radius 3 is 2.45 bits per heavy atom. The van der Waals surface area contributed by atoms with E-state index in [0.717, 1.165) is 5.82 Å². The van der Waals surface area contributed by atoms with E-state index >= 15 is 0 Å². The summed E-state index contributed by atoms with van der Waals surface area (Å²) < 4.78 is 22.9. The minimum Gasteiger partial charge on any atom is -0.366 e. The fraction of sp³-hybridized carbons (Fsp3) is 0.692. The van der Waals surface area contributed by atoms with Crippen molar-refractivity contribution in [2.24, 2.45) is 0 Å². The van der Waals surface area contributed by atoms with Crippen molar-refractivity contribution in [2.45, 2.75) is 45.7 Å². The molecule has 0 spiro atoms. The van der Waals surface area contributed by atoms with Crippen molar-refractivity contribution in [1.29, 1.82) is 0 Å². The van der Waals surface area contributed by atoms with Gasteiger partial charge in [-0.05, 0) is 34.1 Å². The molecule has 1 aliphatic heterocycles. The van der Waals surface area contributed by atoms with Crippen LogP contribution in [0.3, 0.4) is 0 Å². The van der Waals surface area contributed by atoms with Crippen LogP contribution in [0.15, 0.2) is 6.07 Å². The number of nitrogens with one attached hydrogen (secondary N) is 2. The van der Waals surface area contributed by atoms with Crippen molar-refractivity contribution in [1.82, 2.24) is 9.97 Å². The van der Waals surface area contributed by atoms with Gasteiger partial charge in [0.05, 0.1) is 11.5 Å². The van der Waals surface area contributed by atoms with Crippen LogP contribution in [0.1, 0.15) is 33.0 Å². The Bertz CT molecular complexity index is 593.